The van der Waals surface area contributed by atoms with Crippen molar-refractivity contribution >= 4 is 29.1 Å². The molecule has 0 fully saturated rings. The minimum Gasteiger partial charge on any atom is -0.468 e. The second-order valence-corrected chi connectivity index (χ2v) is 5.91. The van der Waals surface area contributed by atoms with Gasteiger partial charge in [0.2, 0.25) is 0 Å². The van der Waals surface area contributed by atoms with Crippen LogP contribution < -0.4 is 10.3 Å². The van der Waals surface area contributed by atoms with Gasteiger partial charge in [-0.1, -0.05) is 0 Å². The summed E-state index contributed by atoms with van der Waals surface area (Å²) in [5, 5.41) is 0. The highest BCUT2D eigenvalue weighted by molar-refractivity contribution is 5.70. The summed E-state index contributed by atoms with van der Waals surface area (Å²) in [7, 11) is 2.79. The number of esters is 3. The molecular formula is C17H20N4O8. The molecule has 0 saturated heterocycles. The second-order valence-electron chi connectivity index (χ2n) is 5.91. The van der Waals surface area contributed by atoms with Crippen molar-refractivity contribution in [2.75, 3.05) is 13.7 Å². The Bertz CT molecular complexity index is 1000. The number of rotatable bonds is 7. The SMILES string of the molecule is COc1nc2nc([C@H](OC(C)=O)[C@@H](COC(C)=O)OC(C)=O)cnc2c(=O)n1C. The highest BCUT2D eigenvalue weighted by Gasteiger charge is 2.32. The van der Waals surface area contributed by atoms with Crippen LogP contribution in [-0.2, 0) is 35.6 Å². The van der Waals surface area contributed by atoms with Crippen molar-refractivity contribution in [3.63, 3.8) is 0 Å². The molecule has 0 N–H and O–H groups in total. The topological polar surface area (TPSA) is 149 Å². The number of fused-ring (bicyclic) bond motifs is 1. The van der Waals surface area contributed by atoms with E-state index in [1.807, 2.05) is 0 Å². The monoisotopic (exact) mass is 408 g/mol. The molecule has 12 heteroatoms. The average Bonchev–Trinajstić information content (AvgIpc) is 2.65. The van der Waals surface area contributed by atoms with E-state index in [1.165, 1.54) is 27.3 Å². The van der Waals surface area contributed by atoms with Gasteiger partial charge in [-0.15, -0.1) is 0 Å². The predicted molar refractivity (Wildman–Crippen MR) is 95.8 cm³/mol. The van der Waals surface area contributed by atoms with E-state index in [1.54, 1.807) is 0 Å². The number of methoxy groups -OCH3 is 1. The van der Waals surface area contributed by atoms with Gasteiger partial charge in [0.05, 0.1) is 13.3 Å². The lowest BCUT2D eigenvalue weighted by molar-refractivity contribution is -0.174. The molecule has 29 heavy (non-hydrogen) atoms. The normalized spacial score (nSPS) is 12.7. The minimum atomic E-state index is -1.26. The van der Waals surface area contributed by atoms with Gasteiger partial charge in [0.1, 0.15) is 12.3 Å². The molecule has 2 aromatic rings. The molecule has 0 bridgehead atoms. The number of aromatic nitrogens is 4. The lowest BCUT2D eigenvalue weighted by atomic mass is 10.1. The molecule has 0 unspecified atom stereocenters. The third kappa shape index (κ3) is 5.24. The Morgan fingerprint density at radius 1 is 1.07 bits per heavy atom. The fourth-order valence-electron chi connectivity index (χ4n) is 2.45. The number of carbonyl (C=O) groups is 3. The van der Waals surface area contributed by atoms with E-state index in [2.05, 4.69) is 15.0 Å². The molecule has 0 aliphatic carbocycles. The molecule has 2 atom stereocenters. The zero-order valence-electron chi connectivity index (χ0n) is 16.5. The van der Waals surface area contributed by atoms with E-state index in [0.29, 0.717) is 0 Å². The summed E-state index contributed by atoms with van der Waals surface area (Å²) in [5.41, 5.74) is -0.559. The van der Waals surface area contributed by atoms with Crippen LogP contribution in [0, 0.1) is 0 Å². The van der Waals surface area contributed by atoms with Crippen LogP contribution in [0.2, 0.25) is 0 Å². The molecule has 2 rings (SSSR count). The van der Waals surface area contributed by atoms with Gasteiger partial charge >= 0.3 is 23.9 Å². The van der Waals surface area contributed by atoms with Crippen LogP contribution in [0.25, 0.3) is 11.2 Å². The van der Waals surface area contributed by atoms with Crippen molar-refractivity contribution in [1.82, 2.24) is 19.5 Å². The van der Waals surface area contributed by atoms with E-state index in [4.69, 9.17) is 18.9 Å². The fraction of sp³-hybridized carbons (Fsp3) is 0.471. The van der Waals surface area contributed by atoms with Gasteiger partial charge in [-0.25, -0.2) is 9.97 Å². The molecule has 0 aromatic carbocycles. The van der Waals surface area contributed by atoms with Crippen molar-refractivity contribution in [3.8, 4) is 6.01 Å². The third-order valence-electron chi connectivity index (χ3n) is 3.64. The average molecular weight is 408 g/mol. The van der Waals surface area contributed by atoms with Gasteiger partial charge in [-0.05, 0) is 0 Å². The summed E-state index contributed by atoms with van der Waals surface area (Å²) in [6, 6.07) is -0.00515. The van der Waals surface area contributed by atoms with Crippen LogP contribution in [0.3, 0.4) is 0 Å². The van der Waals surface area contributed by atoms with Crippen LogP contribution in [0.4, 0.5) is 0 Å². The highest BCUT2D eigenvalue weighted by Crippen LogP contribution is 2.24. The van der Waals surface area contributed by atoms with Crippen molar-refractivity contribution < 1.29 is 33.3 Å². The van der Waals surface area contributed by atoms with Crippen LogP contribution >= 0.6 is 0 Å². The first kappa shape index (κ1) is 21.7. The minimum absolute atomic E-state index is 0.00515. The molecule has 12 nitrogen and oxygen atoms in total. The Labute approximate surface area is 164 Å². The number of hydrogen-bond acceptors (Lipinski definition) is 11. The molecule has 0 aliphatic heterocycles. The van der Waals surface area contributed by atoms with Gasteiger partial charge in [0, 0.05) is 27.8 Å². The van der Waals surface area contributed by atoms with Crippen molar-refractivity contribution in [2.24, 2.45) is 7.05 Å². The lowest BCUT2D eigenvalue weighted by Gasteiger charge is -2.25. The van der Waals surface area contributed by atoms with Crippen molar-refractivity contribution in [1.29, 1.82) is 0 Å². The summed E-state index contributed by atoms with van der Waals surface area (Å²) in [4.78, 5) is 59.0. The second kappa shape index (κ2) is 9.08. The van der Waals surface area contributed by atoms with Gasteiger partial charge in [-0.2, -0.15) is 4.98 Å². The van der Waals surface area contributed by atoms with E-state index in [-0.39, 0.29) is 29.5 Å². The Hall–Kier alpha value is -3.57. The van der Waals surface area contributed by atoms with E-state index < -0.39 is 35.7 Å². The van der Waals surface area contributed by atoms with Gasteiger partial charge in [-0.3, -0.25) is 23.7 Å². The number of hydrogen-bond donors (Lipinski definition) is 0. The standard InChI is InChI=1S/C17H20N4O8/c1-8(22)27-7-12(28-9(2)23)14(29-10(3)24)11-6-18-13-15(19-11)20-17(26-5)21(4)16(13)25/h6,12,14H,7H2,1-5H3/t12-,14+/m1/s1. The third-order valence-corrected chi connectivity index (χ3v) is 3.64. The zero-order chi connectivity index (χ0) is 21.7. The van der Waals surface area contributed by atoms with Crippen LogP contribution in [0.15, 0.2) is 11.0 Å². The molecule has 156 valence electrons. The maximum absolute atomic E-state index is 12.4. The summed E-state index contributed by atoms with van der Waals surface area (Å²) < 4.78 is 21.5. The molecule has 2 heterocycles. The van der Waals surface area contributed by atoms with Crippen LogP contribution in [-0.4, -0.2) is 57.2 Å². The first-order chi connectivity index (χ1) is 13.6. The molecule has 2 aromatic heterocycles. The van der Waals surface area contributed by atoms with Crippen LogP contribution in [0.5, 0.6) is 6.01 Å². The molecule has 0 aliphatic rings. The summed E-state index contributed by atoms with van der Waals surface area (Å²) in [6.07, 6.45) is -1.26. The molecule has 0 saturated carbocycles. The van der Waals surface area contributed by atoms with E-state index in [0.717, 1.165) is 18.4 Å². The molecule has 0 radical (unpaired) electrons. The molecule has 0 spiro atoms. The smallest absolute Gasteiger partial charge is 0.303 e. The Morgan fingerprint density at radius 3 is 2.28 bits per heavy atom. The van der Waals surface area contributed by atoms with E-state index >= 15 is 0 Å². The zero-order valence-corrected chi connectivity index (χ0v) is 16.5. The number of carbonyl (C=O) groups excluding carboxylic acids is 3. The largest absolute Gasteiger partial charge is 0.468 e. The Balaban J connectivity index is 2.57. The summed E-state index contributed by atoms with van der Waals surface area (Å²) >= 11 is 0. The first-order valence-corrected chi connectivity index (χ1v) is 8.39. The fourth-order valence-corrected chi connectivity index (χ4v) is 2.45. The van der Waals surface area contributed by atoms with E-state index in [9.17, 15) is 19.2 Å². The molecule has 0 amide bonds. The van der Waals surface area contributed by atoms with Crippen molar-refractivity contribution in [2.45, 2.75) is 33.0 Å². The number of ether oxygens (including phenoxy) is 4. The summed E-state index contributed by atoms with van der Waals surface area (Å²) in [6.45, 7) is 3.08. The maximum Gasteiger partial charge on any atom is 0.303 e. The lowest BCUT2D eigenvalue weighted by Crippen LogP contribution is -2.33. The summed E-state index contributed by atoms with van der Waals surface area (Å²) in [5.74, 6) is -2.02. The number of nitrogens with zero attached hydrogens (tertiary/aromatic N) is 4. The predicted octanol–water partition coefficient (Wildman–Crippen LogP) is -0.169. The first-order valence-electron chi connectivity index (χ1n) is 8.39. The highest BCUT2D eigenvalue weighted by atomic mass is 16.6. The maximum atomic E-state index is 12.4. The quantitative estimate of drug-likeness (QED) is 0.444. The molecular weight excluding hydrogens is 388 g/mol. The van der Waals surface area contributed by atoms with Gasteiger partial charge < -0.3 is 18.9 Å². The Kier molecular flexibility index (Phi) is 6.80. The van der Waals surface area contributed by atoms with Crippen molar-refractivity contribution in [3.05, 3.63) is 22.2 Å². The van der Waals surface area contributed by atoms with Crippen LogP contribution in [0.1, 0.15) is 32.6 Å². The van der Waals surface area contributed by atoms with Gasteiger partial charge in [0.25, 0.3) is 5.56 Å². The van der Waals surface area contributed by atoms with Gasteiger partial charge in [0.15, 0.2) is 23.4 Å². The Morgan fingerprint density at radius 2 is 1.72 bits per heavy atom.